The Morgan fingerprint density at radius 2 is 1.53 bits per heavy atom. The molecule has 0 bridgehead atoms. The van der Waals surface area contributed by atoms with E-state index in [-0.39, 0.29) is 17.9 Å². The van der Waals surface area contributed by atoms with Crippen LogP contribution in [-0.2, 0) is 22.8 Å². The quantitative estimate of drug-likeness (QED) is 0.281. The summed E-state index contributed by atoms with van der Waals surface area (Å²) >= 11 is 0. The summed E-state index contributed by atoms with van der Waals surface area (Å²) in [6, 6.07) is 16.4. The molecule has 0 aliphatic carbocycles. The molecule has 1 atom stereocenters. The van der Waals surface area contributed by atoms with Gasteiger partial charge in [0, 0.05) is 18.5 Å². The molecule has 3 nitrogen and oxygen atoms in total. The normalized spacial score (nSPS) is 17.4. The van der Waals surface area contributed by atoms with Crippen molar-refractivity contribution in [2.24, 2.45) is 0 Å². The summed E-state index contributed by atoms with van der Waals surface area (Å²) in [5.74, 6) is -1.85. The summed E-state index contributed by atoms with van der Waals surface area (Å²) in [7, 11) is 0. The Morgan fingerprint density at radius 3 is 2.19 bits per heavy atom. The summed E-state index contributed by atoms with van der Waals surface area (Å²) in [5, 5.41) is 0. The van der Waals surface area contributed by atoms with Crippen LogP contribution in [-0.4, -0.2) is 10.9 Å². The second kappa shape index (κ2) is 8.55. The van der Waals surface area contributed by atoms with E-state index in [1.54, 1.807) is 43.3 Å². The molecule has 1 amide bonds. The fourth-order valence-electron chi connectivity index (χ4n) is 4.74. The Hall–Kier alpha value is -4.07. The minimum Gasteiger partial charge on any atom is -0.280 e. The summed E-state index contributed by atoms with van der Waals surface area (Å²) in [5.41, 5.74) is 0.726. The third-order valence-electron chi connectivity index (χ3n) is 6.43. The van der Waals surface area contributed by atoms with Crippen LogP contribution in [0.3, 0.4) is 0 Å². The molecular formula is C28H19F5N2O. The van der Waals surface area contributed by atoms with Crippen molar-refractivity contribution in [3.63, 3.8) is 0 Å². The lowest BCUT2D eigenvalue weighted by atomic mass is 9.77. The molecule has 2 heterocycles. The molecule has 0 saturated heterocycles. The van der Waals surface area contributed by atoms with Crippen molar-refractivity contribution in [2.45, 2.75) is 24.9 Å². The molecule has 4 aromatic rings. The Morgan fingerprint density at radius 1 is 0.861 bits per heavy atom. The molecule has 0 spiro atoms. The highest BCUT2D eigenvalue weighted by molar-refractivity contribution is 6.13. The van der Waals surface area contributed by atoms with Crippen molar-refractivity contribution in [2.75, 3.05) is 4.90 Å². The zero-order chi connectivity index (χ0) is 25.7. The van der Waals surface area contributed by atoms with Crippen molar-refractivity contribution in [3.8, 4) is 11.1 Å². The third-order valence-corrected chi connectivity index (χ3v) is 6.43. The fourth-order valence-corrected chi connectivity index (χ4v) is 4.74. The molecule has 8 heteroatoms. The predicted octanol–water partition coefficient (Wildman–Crippen LogP) is 7.22. The molecule has 0 saturated carbocycles. The Bertz CT molecular complexity index is 1450. The maximum Gasteiger partial charge on any atom is 0.416 e. The largest absolute Gasteiger partial charge is 0.416 e. The summed E-state index contributed by atoms with van der Waals surface area (Å²) in [6.07, 6.45) is -1.44. The molecule has 1 aromatic heterocycles. The van der Waals surface area contributed by atoms with Gasteiger partial charge < -0.3 is 0 Å². The molecule has 36 heavy (non-hydrogen) atoms. The number of pyridine rings is 1. The highest BCUT2D eigenvalue weighted by Gasteiger charge is 2.48. The van der Waals surface area contributed by atoms with Gasteiger partial charge in [0.2, 0.25) is 5.91 Å². The molecule has 0 fully saturated rings. The summed E-state index contributed by atoms with van der Waals surface area (Å²) in [4.78, 5) is 19.4. The van der Waals surface area contributed by atoms with E-state index in [9.17, 15) is 26.7 Å². The van der Waals surface area contributed by atoms with Crippen LogP contribution in [0.25, 0.3) is 11.1 Å². The maximum absolute atomic E-state index is 13.9. The molecule has 1 aliphatic heterocycles. The molecular weight excluding hydrogens is 475 g/mol. The topological polar surface area (TPSA) is 33.2 Å². The van der Waals surface area contributed by atoms with Crippen LogP contribution in [0.15, 0.2) is 85.2 Å². The number of anilines is 2. The van der Waals surface area contributed by atoms with E-state index in [1.807, 2.05) is 0 Å². The second-order valence-corrected chi connectivity index (χ2v) is 8.94. The minimum absolute atomic E-state index is 0.0128. The van der Waals surface area contributed by atoms with Crippen LogP contribution in [0, 0.1) is 11.6 Å². The number of fused-ring (bicyclic) bond motifs is 1. The van der Waals surface area contributed by atoms with E-state index in [2.05, 4.69) is 4.98 Å². The van der Waals surface area contributed by atoms with Crippen LogP contribution in [0.2, 0.25) is 0 Å². The van der Waals surface area contributed by atoms with Gasteiger partial charge in [-0.2, -0.15) is 13.2 Å². The zero-order valence-corrected chi connectivity index (χ0v) is 19.0. The predicted molar refractivity (Wildman–Crippen MR) is 126 cm³/mol. The van der Waals surface area contributed by atoms with E-state index in [1.165, 1.54) is 35.5 Å². The van der Waals surface area contributed by atoms with Crippen LogP contribution < -0.4 is 4.90 Å². The van der Waals surface area contributed by atoms with Crippen LogP contribution >= 0.6 is 0 Å². The van der Waals surface area contributed by atoms with E-state index in [0.717, 1.165) is 18.2 Å². The van der Waals surface area contributed by atoms with Gasteiger partial charge in [-0.3, -0.25) is 14.7 Å². The minimum atomic E-state index is -4.50. The van der Waals surface area contributed by atoms with Crippen molar-refractivity contribution in [3.05, 3.63) is 114 Å². The van der Waals surface area contributed by atoms with E-state index < -0.39 is 28.8 Å². The average Bonchev–Trinajstić information content (AvgIpc) is 3.04. The monoisotopic (exact) mass is 494 g/mol. The van der Waals surface area contributed by atoms with Gasteiger partial charge in [0.05, 0.1) is 22.4 Å². The smallest absolute Gasteiger partial charge is 0.280 e. The molecule has 5 rings (SSSR count). The Balaban J connectivity index is 1.67. The highest BCUT2D eigenvalue weighted by Crippen LogP contribution is 2.48. The van der Waals surface area contributed by atoms with Gasteiger partial charge in [0.25, 0.3) is 0 Å². The first-order chi connectivity index (χ1) is 17.1. The van der Waals surface area contributed by atoms with Gasteiger partial charge in [-0.15, -0.1) is 0 Å². The fraction of sp³-hybridized carbons (Fsp3) is 0.143. The molecule has 182 valence electrons. The summed E-state index contributed by atoms with van der Waals surface area (Å²) in [6.45, 7) is 1.67. The average molecular weight is 494 g/mol. The Labute approximate surface area is 203 Å². The molecule has 0 N–H and O–H groups in total. The first kappa shape index (κ1) is 23.7. The first-order valence-corrected chi connectivity index (χ1v) is 11.1. The van der Waals surface area contributed by atoms with Crippen molar-refractivity contribution < 1.29 is 26.7 Å². The number of aromatic nitrogens is 1. The van der Waals surface area contributed by atoms with Gasteiger partial charge in [0.15, 0.2) is 0 Å². The number of alkyl halides is 3. The molecule has 1 unspecified atom stereocenters. The number of halogens is 5. The van der Waals surface area contributed by atoms with Gasteiger partial charge in [0.1, 0.15) is 11.6 Å². The van der Waals surface area contributed by atoms with Crippen LogP contribution in [0.1, 0.15) is 23.6 Å². The first-order valence-electron chi connectivity index (χ1n) is 11.1. The van der Waals surface area contributed by atoms with Crippen molar-refractivity contribution in [1.29, 1.82) is 0 Å². The van der Waals surface area contributed by atoms with Gasteiger partial charge >= 0.3 is 6.18 Å². The number of hydrogen-bond donors (Lipinski definition) is 0. The van der Waals surface area contributed by atoms with Crippen LogP contribution in [0.5, 0.6) is 0 Å². The third kappa shape index (κ3) is 4.12. The van der Waals surface area contributed by atoms with Crippen molar-refractivity contribution >= 4 is 17.3 Å². The van der Waals surface area contributed by atoms with Gasteiger partial charge in [-0.25, -0.2) is 8.78 Å². The number of amides is 1. The molecule has 0 radical (unpaired) electrons. The number of carbonyl (C=O) groups excluding carboxylic acids is 1. The number of benzene rings is 3. The lowest BCUT2D eigenvalue weighted by Gasteiger charge is -2.25. The number of carbonyl (C=O) groups is 1. The zero-order valence-electron chi connectivity index (χ0n) is 19.0. The number of hydrogen-bond acceptors (Lipinski definition) is 2. The maximum atomic E-state index is 13.9. The van der Waals surface area contributed by atoms with Gasteiger partial charge in [-0.1, -0.05) is 18.2 Å². The number of nitrogens with zero attached hydrogens (tertiary/aromatic N) is 2. The SMILES string of the molecule is CC1(Cc2cc(F)cc(F)c2)C(=O)N(c2ccncc2)c2ccc(-c3cccc(C(F)(F)F)c3)cc21. The molecule has 1 aliphatic rings. The highest BCUT2D eigenvalue weighted by atomic mass is 19.4. The van der Waals surface area contributed by atoms with Crippen molar-refractivity contribution in [1.82, 2.24) is 4.98 Å². The van der Waals surface area contributed by atoms with E-state index in [0.29, 0.717) is 28.1 Å². The van der Waals surface area contributed by atoms with Gasteiger partial charge in [-0.05, 0) is 84.1 Å². The Kier molecular flexibility index (Phi) is 5.62. The summed E-state index contributed by atoms with van der Waals surface area (Å²) < 4.78 is 67.8. The lowest BCUT2D eigenvalue weighted by Crippen LogP contribution is -2.37. The van der Waals surface area contributed by atoms with E-state index in [4.69, 9.17) is 0 Å². The second-order valence-electron chi connectivity index (χ2n) is 8.94. The van der Waals surface area contributed by atoms with Crippen LogP contribution in [0.4, 0.5) is 33.3 Å². The standard InChI is InChI=1S/C28H19F5N2O/c1-27(16-17-11-21(29)15-22(30)12-17)24-14-19(18-3-2-4-20(13-18)28(31,32)33)5-6-25(24)35(26(27)36)23-7-9-34-10-8-23/h2-15H,16H2,1H3. The lowest BCUT2D eigenvalue weighted by molar-refractivity contribution is -0.137. The number of rotatable bonds is 4. The molecule has 3 aromatic carbocycles. The van der Waals surface area contributed by atoms with E-state index >= 15 is 0 Å².